The Labute approximate surface area is 171 Å². The van der Waals surface area contributed by atoms with Crippen molar-refractivity contribution in [3.8, 4) is 0 Å². The van der Waals surface area contributed by atoms with Crippen LogP contribution in [0.5, 0.6) is 0 Å². The summed E-state index contributed by atoms with van der Waals surface area (Å²) in [7, 11) is 2.93. The van der Waals surface area contributed by atoms with Crippen LogP contribution in [-0.2, 0) is 20.6 Å². The van der Waals surface area contributed by atoms with Crippen LogP contribution in [0.4, 0.5) is 5.82 Å². The minimum atomic E-state index is -0.498. The zero-order chi connectivity index (χ0) is 21.3. The molecular formula is C22H19N5O3. The molecule has 0 fully saturated rings. The number of aromatic nitrogens is 4. The van der Waals surface area contributed by atoms with Crippen LogP contribution < -0.4 is 16.1 Å². The van der Waals surface area contributed by atoms with Crippen molar-refractivity contribution in [3.63, 3.8) is 0 Å². The van der Waals surface area contributed by atoms with Crippen molar-refractivity contribution in [2.24, 2.45) is 14.1 Å². The van der Waals surface area contributed by atoms with Crippen LogP contribution in [-0.4, -0.2) is 25.0 Å². The van der Waals surface area contributed by atoms with Crippen LogP contribution in [0.25, 0.3) is 11.0 Å². The van der Waals surface area contributed by atoms with E-state index in [1.807, 2.05) is 30.3 Å². The second kappa shape index (κ2) is 7.75. The van der Waals surface area contributed by atoms with E-state index in [1.54, 1.807) is 24.4 Å². The number of fused-ring (bicyclic) bond motifs is 1. The summed E-state index contributed by atoms with van der Waals surface area (Å²) in [6.45, 7) is 0.306. The van der Waals surface area contributed by atoms with Gasteiger partial charge in [0.25, 0.3) is 11.5 Å². The average Bonchev–Trinajstić information content (AvgIpc) is 2.80. The Balaban J connectivity index is 1.82. The van der Waals surface area contributed by atoms with Gasteiger partial charge in [-0.3, -0.25) is 23.6 Å². The number of carbonyl (C=O) groups is 1. The maximum Gasteiger partial charge on any atom is 0.332 e. The molecule has 8 heteroatoms. The summed E-state index contributed by atoms with van der Waals surface area (Å²) >= 11 is 0. The molecule has 0 bridgehead atoms. The fourth-order valence-corrected chi connectivity index (χ4v) is 3.27. The summed E-state index contributed by atoms with van der Waals surface area (Å²) in [6.07, 6.45) is 3.00. The first-order chi connectivity index (χ1) is 14.5. The molecule has 4 rings (SSSR count). The highest BCUT2D eigenvalue weighted by atomic mass is 16.2. The first-order valence-corrected chi connectivity index (χ1v) is 9.30. The molecule has 30 heavy (non-hydrogen) atoms. The van der Waals surface area contributed by atoms with Gasteiger partial charge in [-0.05, 0) is 23.8 Å². The van der Waals surface area contributed by atoms with E-state index < -0.39 is 11.2 Å². The van der Waals surface area contributed by atoms with Crippen LogP contribution in [0, 0.1) is 0 Å². The summed E-state index contributed by atoms with van der Waals surface area (Å²) in [6, 6.07) is 16.4. The van der Waals surface area contributed by atoms with E-state index in [1.165, 1.54) is 35.8 Å². The zero-order valence-corrected chi connectivity index (χ0v) is 16.5. The Hall–Kier alpha value is -4.07. The molecule has 0 atom stereocenters. The molecule has 0 unspecified atom stereocenters. The minimum absolute atomic E-state index is 0.200. The standard InChI is InChI=1S/C22H19N5O3/c1-25-19-17(21(29)26(2)22(25)30)12-16(13-24-19)20(28)27(18-10-6-7-11-23-18)14-15-8-4-3-5-9-15/h3-13H,14H2,1-2H3. The van der Waals surface area contributed by atoms with Gasteiger partial charge in [-0.15, -0.1) is 0 Å². The number of aryl methyl sites for hydroxylation is 1. The number of carbonyl (C=O) groups excluding carboxylic acids is 1. The molecule has 0 radical (unpaired) electrons. The summed E-state index contributed by atoms with van der Waals surface area (Å²) in [5, 5.41) is 0.200. The van der Waals surface area contributed by atoms with Crippen molar-refractivity contribution in [2.45, 2.75) is 6.54 Å². The van der Waals surface area contributed by atoms with E-state index in [0.29, 0.717) is 12.4 Å². The lowest BCUT2D eigenvalue weighted by Gasteiger charge is -2.22. The molecule has 3 heterocycles. The van der Waals surface area contributed by atoms with Gasteiger partial charge < -0.3 is 0 Å². The van der Waals surface area contributed by atoms with Gasteiger partial charge in [-0.25, -0.2) is 14.8 Å². The lowest BCUT2D eigenvalue weighted by molar-refractivity contribution is 0.0984. The normalized spacial score (nSPS) is 10.9. The average molecular weight is 401 g/mol. The van der Waals surface area contributed by atoms with E-state index in [0.717, 1.165) is 10.1 Å². The third-order valence-electron chi connectivity index (χ3n) is 4.89. The molecule has 0 aliphatic rings. The topological polar surface area (TPSA) is 90.1 Å². The van der Waals surface area contributed by atoms with Crippen molar-refractivity contribution in [1.29, 1.82) is 0 Å². The molecule has 150 valence electrons. The Bertz CT molecular complexity index is 1340. The quantitative estimate of drug-likeness (QED) is 0.521. The van der Waals surface area contributed by atoms with Gasteiger partial charge in [-0.1, -0.05) is 36.4 Å². The molecule has 1 amide bonds. The molecule has 4 aromatic rings. The number of hydrogen-bond acceptors (Lipinski definition) is 5. The minimum Gasteiger partial charge on any atom is -0.288 e. The van der Waals surface area contributed by atoms with Crippen LogP contribution in [0.3, 0.4) is 0 Å². The predicted molar refractivity (Wildman–Crippen MR) is 113 cm³/mol. The molecule has 8 nitrogen and oxygen atoms in total. The smallest absolute Gasteiger partial charge is 0.288 e. The van der Waals surface area contributed by atoms with Crippen LogP contribution in [0.2, 0.25) is 0 Å². The van der Waals surface area contributed by atoms with E-state index in [-0.39, 0.29) is 22.5 Å². The van der Waals surface area contributed by atoms with E-state index >= 15 is 0 Å². The van der Waals surface area contributed by atoms with E-state index in [4.69, 9.17) is 0 Å². The number of rotatable bonds is 4. The SMILES string of the molecule is Cn1c(=O)c2cc(C(=O)N(Cc3ccccc3)c3ccccn3)cnc2n(C)c1=O. The van der Waals surface area contributed by atoms with Crippen LogP contribution in [0.15, 0.2) is 76.6 Å². The fourth-order valence-electron chi connectivity index (χ4n) is 3.27. The molecule has 0 spiro atoms. The maximum absolute atomic E-state index is 13.4. The van der Waals surface area contributed by atoms with Gasteiger partial charge in [0.15, 0.2) is 0 Å². The van der Waals surface area contributed by atoms with Gasteiger partial charge in [0, 0.05) is 26.5 Å². The number of amides is 1. The van der Waals surface area contributed by atoms with Crippen molar-refractivity contribution in [1.82, 2.24) is 19.1 Å². The zero-order valence-electron chi connectivity index (χ0n) is 16.5. The van der Waals surface area contributed by atoms with Crippen LogP contribution in [0.1, 0.15) is 15.9 Å². The van der Waals surface area contributed by atoms with Crippen LogP contribution >= 0.6 is 0 Å². The van der Waals surface area contributed by atoms with Crippen molar-refractivity contribution >= 4 is 22.8 Å². The Morgan fingerprint density at radius 1 is 0.967 bits per heavy atom. The molecular weight excluding hydrogens is 382 g/mol. The second-order valence-corrected chi connectivity index (χ2v) is 6.87. The highest BCUT2D eigenvalue weighted by Gasteiger charge is 2.21. The number of anilines is 1. The van der Waals surface area contributed by atoms with Crippen molar-refractivity contribution < 1.29 is 4.79 Å². The molecule has 1 aromatic carbocycles. The lowest BCUT2D eigenvalue weighted by Crippen LogP contribution is -2.37. The van der Waals surface area contributed by atoms with Gasteiger partial charge in [0.1, 0.15) is 11.5 Å². The lowest BCUT2D eigenvalue weighted by atomic mass is 10.1. The highest BCUT2D eigenvalue weighted by Crippen LogP contribution is 2.18. The number of hydrogen-bond donors (Lipinski definition) is 0. The molecule has 0 saturated heterocycles. The Kier molecular flexibility index (Phi) is 4.97. The molecule has 0 aliphatic heterocycles. The summed E-state index contributed by atoms with van der Waals surface area (Å²) in [5.41, 5.74) is 0.427. The Morgan fingerprint density at radius 3 is 2.40 bits per heavy atom. The van der Waals surface area contributed by atoms with Gasteiger partial charge in [-0.2, -0.15) is 0 Å². The predicted octanol–water partition coefficient (Wildman–Crippen LogP) is 1.87. The van der Waals surface area contributed by atoms with Gasteiger partial charge in [0.2, 0.25) is 0 Å². The van der Waals surface area contributed by atoms with Crippen molar-refractivity contribution in [2.75, 3.05) is 4.90 Å². The number of nitrogens with zero attached hydrogens (tertiary/aromatic N) is 5. The molecule has 3 aromatic heterocycles. The third kappa shape index (κ3) is 3.39. The summed E-state index contributed by atoms with van der Waals surface area (Å²) in [5.74, 6) is 0.141. The first-order valence-electron chi connectivity index (χ1n) is 9.30. The maximum atomic E-state index is 13.4. The number of benzene rings is 1. The largest absolute Gasteiger partial charge is 0.332 e. The van der Waals surface area contributed by atoms with E-state index in [2.05, 4.69) is 9.97 Å². The molecule has 0 N–H and O–H groups in total. The summed E-state index contributed by atoms with van der Waals surface area (Å²) in [4.78, 5) is 48.2. The molecule has 0 saturated carbocycles. The highest BCUT2D eigenvalue weighted by molar-refractivity contribution is 6.06. The number of pyridine rings is 2. The van der Waals surface area contributed by atoms with Crippen molar-refractivity contribution in [3.05, 3.63) is 99.0 Å². The first kappa shape index (κ1) is 19.3. The monoisotopic (exact) mass is 401 g/mol. The Morgan fingerprint density at radius 2 is 1.70 bits per heavy atom. The third-order valence-corrected chi connectivity index (χ3v) is 4.89. The fraction of sp³-hybridized carbons (Fsp3) is 0.136. The second-order valence-electron chi connectivity index (χ2n) is 6.87. The van der Waals surface area contributed by atoms with Gasteiger partial charge in [0.05, 0.1) is 17.5 Å². The van der Waals surface area contributed by atoms with Gasteiger partial charge >= 0.3 is 5.69 Å². The van der Waals surface area contributed by atoms with E-state index in [9.17, 15) is 14.4 Å². The summed E-state index contributed by atoms with van der Waals surface area (Å²) < 4.78 is 2.28. The molecule has 0 aliphatic carbocycles.